The van der Waals surface area contributed by atoms with Gasteiger partial charge in [-0.3, -0.25) is 14.9 Å². The number of ether oxygens (including phenoxy) is 2. The van der Waals surface area contributed by atoms with Crippen LogP contribution in [0, 0.1) is 10.1 Å². The molecule has 0 radical (unpaired) electrons. The van der Waals surface area contributed by atoms with Crippen molar-refractivity contribution in [3.8, 4) is 0 Å². The minimum atomic E-state index is -0.942. The Labute approximate surface area is 190 Å². The van der Waals surface area contributed by atoms with E-state index in [0.717, 1.165) is 0 Å². The van der Waals surface area contributed by atoms with Crippen LogP contribution in [0.3, 0.4) is 0 Å². The number of carbonyl (C=O) groups is 3. The second-order valence-electron chi connectivity index (χ2n) is 7.07. The summed E-state index contributed by atoms with van der Waals surface area (Å²) in [4.78, 5) is 48.0. The van der Waals surface area contributed by atoms with Gasteiger partial charge in [-0.25, -0.2) is 9.59 Å². The molecular formula is C22H24N2O7S. The number of rotatable bonds is 9. The Hall–Kier alpha value is -3.40. The molecule has 10 heteroatoms. The fraction of sp³-hybridized carbons (Fsp3) is 0.364. The number of nitrogens with one attached hydrogen (secondary N) is 1. The number of esters is 2. The SMILES string of the molecule is CCOC(=O)C1=C(C)NC(C)=C(C(=O)OCCC(=S)C(C)=O)C1c1cccc([N+](=O)[O-])c1. The minimum Gasteiger partial charge on any atom is -0.463 e. The molecule has 0 saturated carbocycles. The molecule has 1 aromatic rings. The van der Waals surface area contributed by atoms with Gasteiger partial charge >= 0.3 is 11.9 Å². The molecule has 9 nitrogen and oxygen atoms in total. The molecule has 0 fully saturated rings. The molecule has 1 aromatic carbocycles. The Morgan fingerprint density at radius 2 is 1.72 bits per heavy atom. The van der Waals surface area contributed by atoms with Crippen molar-refractivity contribution in [2.24, 2.45) is 0 Å². The highest BCUT2D eigenvalue weighted by molar-refractivity contribution is 7.82. The summed E-state index contributed by atoms with van der Waals surface area (Å²) in [5, 5.41) is 14.3. The summed E-state index contributed by atoms with van der Waals surface area (Å²) in [6.07, 6.45) is 0.0945. The van der Waals surface area contributed by atoms with Gasteiger partial charge in [0, 0.05) is 29.9 Å². The number of nitro groups is 1. The Bertz CT molecular complexity index is 1040. The topological polar surface area (TPSA) is 125 Å². The monoisotopic (exact) mass is 460 g/mol. The summed E-state index contributed by atoms with van der Waals surface area (Å²) in [5.41, 5.74) is 1.36. The van der Waals surface area contributed by atoms with Gasteiger partial charge in [-0.2, -0.15) is 0 Å². The van der Waals surface area contributed by atoms with E-state index in [1.807, 2.05) is 0 Å². The van der Waals surface area contributed by atoms with Gasteiger partial charge in [0.15, 0.2) is 5.78 Å². The summed E-state index contributed by atoms with van der Waals surface area (Å²) in [7, 11) is 0. The molecule has 0 saturated heterocycles. The zero-order valence-electron chi connectivity index (χ0n) is 18.2. The normalized spacial score (nSPS) is 15.7. The van der Waals surface area contributed by atoms with Gasteiger partial charge < -0.3 is 14.8 Å². The van der Waals surface area contributed by atoms with Crippen molar-refractivity contribution in [3.63, 3.8) is 0 Å². The van der Waals surface area contributed by atoms with Crippen molar-refractivity contribution in [2.75, 3.05) is 13.2 Å². The molecule has 1 heterocycles. The van der Waals surface area contributed by atoms with Gasteiger partial charge in [0.05, 0.1) is 40.1 Å². The van der Waals surface area contributed by atoms with E-state index >= 15 is 0 Å². The molecule has 1 unspecified atom stereocenters. The van der Waals surface area contributed by atoms with Gasteiger partial charge in [0.25, 0.3) is 5.69 Å². The highest BCUT2D eigenvalue weighted by Crippen LogP contribution is 2.40. The largest absolute Gasteiger partial charge is 0.463 e. The van der Waals surface area contributed by atoms with Crippen molar-refractivity contribution in [1.29, 1.82) is 0 Å². The zero-order valence-corrected chi connectivity index (χ0v) is 19.0. The molecule has 0 aliphatic carbocycles. The number of carbonyl (C=O) groups excluding carboxylic acids is 3. The van der Waals surface area contributed by atoms with Crippen LogP contribution in [-0.4, -0.2) is 40.7 Å². The lowest BCUT2D eigenvalue weighted by atomic mass is 9.80. The van der Waals surface area contributed by atoms with Crippen molar-refractivity contribution in [1.82, 2.24) is 5.32 Å². The third kappa shape index (κ3) is 5.64. The second kappa shape index (κ2) is 10.8. The maximum atomic E-state index is 13.0. The molecule has 1 aliphatic heterocycles. The third-order valence-electron chi connectivity index (χ3n) is 4.84. The fourth-order valence-corrected chi connectivity index (χ4v) is 3.47. The summed E-state index contributed by atoms with van der Waals surface area (Å²) in [6.45, 7) is 6.29. The first kappa shape index (κ1) is 24.9. The highest BCUT2D eigenvalue weighted by Gasteiger charge is 2.38. The molecule has 0 spiro atoms. The molecule has 170 valence electrons. The number of allylic oxidation sites excluding steroid dienone is 2. The Balaban J connectivity index is 2.51. The van der Waals surface area contributed by atoms with Gasteiger partial charge in [-0.05, 0) is 33.3 Å². The zero-order chi connectivity index (χ0) is 24.0. The minimum absolute atomic E-state index is 0.0945. The van der Waals surface area contributed by atoms with Crippen LogP contribution in [0.4, 0.5) is 5.69 Å². The number of nitrogens with zero attached hydrogens (tertiary/aromatic N) is 1. The van der Waals surface area contributed by atoms with Crippen LogP contribution >= 0.6 is 12.2 Å². The predicted molar refractivity (Wildman–Crippen MR) is 120 cm³/mol. The van der Waals surface area contributed by atoms with E-state index in [0.29, 0.717) is 17.0 Å². The molecular weight excluding hydrogens is 436 g/mol. The molecule has 0 bridgehead atoms. The summed E-state index contributed by atoms with van der Waals surface area (Å²) in [6, 6.07) is 5.72. The number of non-ortho nitro benzene ring substituents is 1. The number of hydrogen-bond donors (Lipinski definition) is 1. The number of Topliss-reactive ketones (excluding diaryl/α,β-unsaturated/α-hetero) is 1. The van der Waals surface area contributed by atoms with Crippen LogP contribution in [0.1, 0.15) is 45.6 Å². The van der Waals surface area contributed by atoms with Crippen LogP contribution < -0.4 is 5.32 Å². The van der Waals surface area contributed by atoms with E-state index in [2.05, 4.69) is 5.32 Å². The van der Waals surface area contributed by atoms with Crippen LogP contribution in [0.15, 0.2) is 46.8 Å². The van der Waals surface area contributed by atoms with E-state index in [4.69, 9.17) is 21.7 Å². The highest BCUT2D eigenvalue weighted by atomic mass is 32.1. The predicted octanol–water partition coefficient (Wildman–Crippen LogP) is 3.28. The van der Waals surface area contributed by atoms with Crippen LogP contribution in [0.5, 0.6) is 0 Å². The van der Waals surface area contributed by atoms with Crippen LogP contribution in [0.25, 0.3) is 0 Å². The quantitative estimate of drug-likeness (QED) is 0.256. The summed E-state index contributed by atoms with van der Waals surface area (Å²) in [5.74, 6) is -2.59. The first-order chi connectivity index (χ1) is 15.1. The smallest absolute Gasteiger partial charge is 0.336 e. The maximum Gasteiger partial charge on any atom is 0.336 e. The van der Waals surface area contributed by atoms with Crippen molar-refractivity contribution in [2.45, 2.75) is 40.0 Å². The number of nitro benzene ring substituents is 1. The lowest BCUT2D eigenvalue weighted by Crippen LogP contribution is -2.32. The van der Waals surface area contributed by atoms with Gasteiger partial charge in [0.2, 0.25) is 0 Å². The molecule has 1 atom stereocenters. The van der Waals surface area contributed by atoms with Crippen molar-refractivity contribution >= 4 is 40.5 Å². The number of hydrogen-bond acceptors (Lipinski definition) is 9. The molecule has 2 rings (SSSR count). The molecule has 0 amide bonds. The standard InChI is InChI=1S/C22H24N2O7S/c1-5-30-21(26)18-12(2)23-13(3)19(22(27)31-10-9-17(32)14(4)25)20(18)15-7-6-8-16(11-15)24(28)29/h6-8,11,20,23H,5,9-10H2,1-4H3. The Morgan fingerprint density at radius 1 is 1.12 bits per heavy atom. The Morgan fingerprint density at radius 3 is 2.25 bits per heavy atom. The van der Waals surface area contributed by atoms with E-state index < -0.39 is 22.8 Å². The first-order valence-electron chi connectivity index (χ1n) is 9.89. The number of ketones is 1. The number of benzene rings is 1. The lowest BCUT2D eigenvalue weighted by Gasteiger charge is -2.30. The van der Waals surface area contributed by atoms with E-state index in [-0.39, 0.29) is 47.1 Å². The molecule has 32 heavy (non-hydrogen) atoms. The summed E-state index contributed by atoms with van der Waals surface area (Å²) < 4.78 is 10.5. The fourth-order valence-electron chi connectivity index (χ4n) is 3.39. The average molecular weight is 461 g/mol. The molecule has 1 N–H and O–H groups in total. The maximum absolute atomic E-state index is 13.0. The van der Waals surface area contributed by atoms with Gasteiger partial charge in [0.1, 0.15) is 0 Å². The third-order valence-corrected chi connectivity index (χ3v) is 5.34. The second-order valence-corrected chi connectivity index (χ2v) is 7.57. The first-order valence-corrected chi connectivity index (χ1v) is 10.3. The van der Waals surface area contributed by atoms with Crippen molar-refractivity contribution in [3.05, 3.63) is 62.5 Å². The van der Waals surface area contributed by atoms with Crippen LogP contribution in [0.2, 0.25) is 0 Å². The molecule has 0 aromatic heterocycles. The number of dihydropyridines is 1. The van der Waals surface area contributed by atoms with Crippen LogP contribution in [-0.2, 0) is 23.9 Å². The van der Waals surface area contributed by atoms with E-state index in [1.165, 1.54) is 25.1 Å². The van der Waals surface area contributed by atoms with E-state index in [9.17, 15) is 24.5 Å². The number of thiocarbonyl (C=S) groups is 1. The summed E-state index contributed by atoms with van der Waals surface area (Å²) >= 11 is 4.95. The Kier molecular flexibility index (Phi) is 8.36. The average Bonchev–Trinajstić information content (AvgIpc) is 2.72. The van der Waals surface area contributed by atoms with Gasteiger partial charge in [-0.1, -0.05) is 24.4 Å². The molecule has 1 aliphatic rings. The van der Waals surface area contributed by atoms with Crippen molar-refractivity contribution < 1.29 is 28.8 Å². The van der Waals surface area contributed by atoms with Gasteiger partial charge in [-0.15, -0.1) is 0 Å². The lowest BCUT2D eigenvalue weighted by molar-refractivity contribution is -0.384. The van der Waals surface area contributed by atoms with E-state index in [1.54, 1.807) is 26.8 Å².